The minimum atomic E-state index is -0.814. The summed E-state index contributed by atoms with van der Waals surface area (Å²) >= 11 is 0. The van der Waals surface area contributed by atoms with Crippen molar-refractivity contribution in [1.29, 1.82) is 0 Å². The van der Waals surface area contributed by atoms with E-state index in [1.807, 2.05) is 0 Å². The number of nitrogens with zero attached hydrogens (tertiary/aromatic N) is 1. The second-order valence-corrected chi connectivity index (χ2v) is 4.14. The van der Waals surface area contributed by atoms with Crippen LogP contribution in [0, 0.1) is 0 Å². The Bertz CT molecular complexity index is 568. The Morgan fingerprint density at radius 2 is 1.57 bits per heavy atom. The smallest absolute Gasteiger partial charge is 0.335 e. The molecule has 1 fully saturated rings. The molecule has 1 N–H and O–H groups in total. The van der Waals surface area contributed by atoms with Gasteiger partial charge in [0.1, 0.15) is 6.42 Å². The Kier molecular flexibility index (Phi) is 3.97. The first-order valence-electron chi connectivity index (χ1n) is 5.98. The number of carbonyl (C=O) groups excluding carboxylic acids is 3. The highest BCUT2D eigenvalue weighted by atomic mass is 16.5. The topological polar surface area (TPSA) is 94.2 Å². The number of hydrogen-bond acceptors (Lipinski definition) is 6. The molecule has 1 aromatic rings. The van der Waals surface area contributed by atoms with Crippen molar-refractivity contribution < 1.29 is 28.6 Å². The van der Waals surface area contributed by atoms with Crippen LogP contribution in [0.1, 0.15) is 6.42 Å². The molecule has 2 rings (SSSR count). The molecular weight excluding hydrogens is 280 g/mol. The molecule has 0 atom stereocenters. The Morgan fingerprint density at radius 1 is 1.00 bits per heavy atom. The lowest BCUT2D eigenvalue weighted by atomic mass is 10.2. The second-order valence-electron chi connectivity index (χ2n) is 4.14. The molecule has 0 radical (unpaired) electrons. The van der Waals surface area contributed by atoms with Gasteiger partial charge in [-0.05, 0) is 0 Å². The zero-order chi connectivity index (χ0) is 15.6. The minimum Gasteiger partial charge on any atom is -0.493 e. The van der Waals surface area contributed by atoms with Gasteiger partial charge in [-0.3, -0.25) is 14.9 Å². The van der Waals surface area contributed by atoms with Gasteiger partial charge in [-0.2, -0.15) is 0 Å². The van der Waals surface area contributed by atoms with Gasteiger partial charge < -0.3 is 14.2 Å². The number of anilines is 1. The molecule has 1 aliphatic heterocycles. The molecule has 1 saturated heterocycles. The Morgan fingerprint density at radius 3 is 2.00 bits per heavy atom. The molecule has 1 aromatic carbocycles. The number of amides is 4. The molecular formula is C13H14N2O6. The molecule has 1 heterocycles. The van der Waals surface area contributed by atoms with Gasteiger partial charge in [0.05, 0.1) is 27.0 Å². The number of hydrogen-bond donors (Lipinski definition) is 1. The van der Waals surface area contributed by atoms with E-state index >= 15 is 0 Å². The van der Waals surface area contributed by atoms with E-state index in [2.05, 4.69) is 5.32 Å². The average molecular weight is 294 g/mol. The third-order valence-corrected chi connectivity index (χ3v) is 2.92. The van der Waals surface area contributed by atoms with Crippen LogP contribution in [0.4, 0.5) is 10.5 Å². The van der Waals surface area contributed by atoms with Crippen molar-refractivity contribution in [2.24, 2.45) is 0 Å². The van der Waals surface area contributed by atoms with Crippen molar-refractivity contribution in [2.75, 3.05) is 26.2 Å². The lowest BCUT2D eigenvalue weighted by Crippen LogP contribution is -2.52. The summed E-state index contributed by atoms with van der Waals surface area (Å²) in [6, 6.07) is 2.09. The molecule has 0 aromatic heterocycles. The Labute approximate surface area is 120 Å². The standard InChI is InChI=1S/C13H14N2O6/c1-19-8-4-7(5-9(20-2)12(8)21-3)15-11(17)6-10(16)14-13(15)18/h4-5H,6H2,1-3H3,(H,14,16,18). The van der Waals surface area contributed by atoms with Gasteiger partial charge in [0, 0.05) is 12.1 Å². The van der Waals surface area contributed by atoms with E-state index in [0.717, 1.165) is 4.90 Å². The van der Waals surface area contributed by atoms with Crippen molar-refractivity contribution >= 4 is 23.5 Å². The third-order valence-electron chi connectivity index (χ3n) is 2.92. The Hall–Kier alpha value is -2.77. The zero-order valence-corrected chi connectivity index (χ0v) is 11.8. The Balaban J connectivity index is 2.51. The van der Waals surface area contributed by atoms with E-state index in [4.69, 9.17) is 14.2 Å². The van der Waals surface area contributed by atoms with Crippen LogP contribution in [0.15, 0.2) is 12.1 Å². The van der Waals surface area contributed by atoms with Crippen LogP contribution in [-0.2, 0) is 9.59 Å². The first-order valence-corrected chi connectivity index (χ1v) is 5.98. The van der Waals surface area contributed by atoms with E-state index in [1.165, 1.54) is 33.5 Å². The van der Waals surface area contributed by atoms with Crippen LogP contribution in [0.3, 0.4) is 0 Å². The predicted octanol–water partition coefficient (Wildman–Crippen LogP) is 0.685. The van der Waals surface area contributed by atoms with E-state index in [-0.39, 0.29) is 5.69 Å². The van der Waals surface area contributed by atoms with Gasteiger partial charge in [-0.25, -0.2) is 9.69 Å². The van der Waals surface area contributed by atoms with Gasteiger partial charge in [0.25, 0.3) is 0 Å². The van der Waals surface area contributed by atoms with Crippen molar-refractivity contribution in [3.05, 3.63) is 12.1 Å². The van der Waals surface area contributed by atoms with Crippen LogP contribution < -0.4 is 24.4 Å². The van der Waals surface area contributed by atoms with E-state index < -0.39 is 24.3 Å². The third kappa shape index (κ3) is 2.60. The fraction of sp³-hybridized carbons (Fsp3) is 0.308. The molecule has 4 amide bonds. The van der Waals surface area contributed by atoms with Crippen molar-refractivity contribution in [3.63, 3.8) is 0 Å². The molecule has 0 aliphatic carbocycles. The maximum absolute atomic E-state index is 11.9. The number of benzene rings is 1. The van der Waals surface area contributed by atoms with Gasteiger partial charge >= 0.3 is 6.03 Å². The molecule has 0 saturated carbocycles. The summed E-state index contributed by atoms with van der Waals surface area (Å²) in [4.78, 5) is 35.7. The molecule has 0 unspecified atom stereocenters. The highest BCUT2D eigenvalue weighted by molar-refractivity contribution is 6.26. The summed E-state index contributed by atoms with van der Waals surface area (Å²) in [5.74, 6) is -0.329. The first kappa shape index (κ1) is 14.6. The molecule has 21 heavy (non-hydrogen) atoms. The fourth-order valence-corrected chi connectivity index (χ4v) is 2.01. The largest absolute Gasteiger partial charge is 0.493 e. The number of methoxy groups -OCH3 is 3. The van der Waals surface area contributed by atoms with Crippen molar-refractivity contribution in [3.8, 4) is 17.2 Å². The molecule has 8 nitrogen and oxygen atoms in total. The summed E-state index contributed by atoms with van der Waals surface area (Å²) < 4.78 is 15.5. The number of imide groups is 2. The van der Waals surface area contributed by atoms with Gasteiger partial charge in [-0.1, -0.05) is 0 Å². The minimum absolute atomic E-state index is 0.222. The summed E-state index contributed by atoms with van der Waals surface area (Å²) in [6.45, 7) is 0. The van der Waals surface area contributed by atoms with E-state index in [9.17, 15) is 14.4 Å². The van der Waals surface area contributed by atoms with Crippen LogP contribution in [0.5, 0.6) is 17.2 Å². The fourth-order valence-electron chi connectivity index (χ4n) is 2.01. The summed E-state index contributed by atoms with van der Waals surface area (Å²) in [6.07, 6.45) is -0.400. The predicted molar refractivity (Wildman–Crippen MR) is 71.7 cm³/mol. The monoisotopic (exact) mass is 294 g/mol. The van der Waals surface area contributed by atoms with Crippen molar-refractivity contribution in [1.82, 2.24) is 5.32 Å². The van der Waals surface area contributed by atoms with Gasteiger partial charge in [0.2, 0.25) is 17.6 Å². The molecule has 1 aliphatic rings. The quantitative estimate of drug-likeness (QED) is 0.821. The van der Waals surface area contributed by atoms with Crippen LogP contribution in [0.25, 0.3) is 0 Å². The number of nitrogens with one attached hydrogen (secondary N) is 1. The SMILES string of the molecule is COc1cc(N2C(=O)CC(=O)NC2=O)cc(OC)c1OC. The van der Waals surface area contributed by atoms with E-state index in [0.29, 0.717) is 17.2 Å². The molecule has 112 valence electrons. The summed E-state index contributed by atoms with van der Waals surface area (Å²) in [5.41, 5.74) is 0.222. The maximum Gasteiger partial charge on any atom is 0.335 e. The van der Waals surface area contributed by atoms with Crippen LogP contribution >= 0.6 is 0 Å². The number of carbonyl (C=O) groups is 3. The van der Waals surface area contributed by atoms with Crippen molar-refractivity contribution in [2.45, 2.75) is 6.42 Å². The number of barbiturate groups is 1. The number of ether oxygens (including phenoxy) is 3. The lowest BCUT2D eigenvalue weighted by molar-refractivity contribution is -0.128. The maximum atomic E-state index is 11.9. The normalized spacial score (nSPS) is 14.8. The summed E-state index contributed by atoms with van der Waals surface area (Å²) in [5, 5.41) is 2.08. The lowest BCUT2D eigenvalue weighted by Gasteiger charge is -2.25. The molecule has 0 bridgehead atoms. The van der Waals surface area contributed by atoms with E-state index in [1.54, 1.807) is 0 Å². The van der Waals surface area contributed by atoms with Gasteiger partial charge in [-0.15, -0.1) is 0 Å². The first-order chi connectivity index (χ1) is 10.0. The summed E-state index contributed by atoms with van der Waals surface area (Å²) in [7, 11) is 4.28. The van der Waals surface area contributed by atoms with Crippen LogP contribution in [-0.4, -0.2) is 39.2 Å². The highest BCUT2D eigenvalue weighted by Gasteiger charge is 2.33. The zero-order valence-electron chi connectivity index (χ0n) is 11.8. The highest BCUT2D eigenvalue weighted by Crippen LogP contribution is 2.41. The second kappa shape index (κ2) is 5.70. The average Bonchev–Trinajstić information content (AvgIpc) is 2.44. The number of urea groups is 1. The molecule has 8 heteroatoms. The van der Waals surface area contributed by atoms with Gasteiger partial charge in [0.15, 0.2) is 11.5 Å². The molecule has 0 spiro atoms. The number of rotatable bonds is 4. The van der Waals surface area contributed by atoms with Crippen LogP contribution in [0.2, 0.25) is 0 Å².